The molecule has 0 heterocycles. The van der Waals surface area contributed by atoms with Crippen molar-refractivity contribution >= 4 is 5.78 Å². The van der Waals surface area contributed by atoms with Crippen LogP contribution in [0.3, 0.4) is 0 Å². The molecule has 0 aliphatic heterocycles. The maximum atomic E-state index is 12.6. The first-order valence-corrected chi connectivity index (χ1v) is 6.71. The third kappa shape index (κ3) is 2.25. The monoisotopic (exact) mass is 264 g/mol. The Bertz CT molecular complexity index is 643. The van der Waals surface area contributed by atoms with Gasteiger partial charge in [-0.1, -0.05) is 54.6 Å². The fraction of sp³-hybridized carbons (Fsp3) is 0.167. The van der Waals surface area contributed by atoms with E-state index in [9.17, 15) is 4.79 Å². The molecule has 0 spiro atoms. The Labute approximate surface area is 118 Å². The number of carbonyl (C=O) groups excluding carboxylic acids is 1. The molecule has 2 aromatic rings. The van der Waals surface area contributed by atoms with E-state index in [1.54, 1.807) is 13.2 Å². The summed E-state index contributed by atoms with van der Waals surface area (Å²) in [6.07, 6.45) is 4.08. The number of carbonyl (C=O) groups is 1. The largest absolute Gasteiger partial charge is 0.497 e. The van der Waals surface area contributed by atoms with Gasteiger partial charge >= 0.3 is 0 Å². The van der Waals surface area contributed by atoms with Crippen molar-refractivity contribution < 1.29 is 9.53 Å². The lowest BCUT2D eigenvalue weighted by molar-refractivity contribution is 0.0927. The van der Waals surface area contributed by atoms with E-state index in [1.807, 2.05) is 42.5 Å². The van der Waals surface area contributed by atoms with Crippen LogP contribution in [0.2, 0.25) is 0 Å². The van der Waals surface area contributed by atoms with Gasteiger partial charge in [-0.25, -0.2) is 0 Å². The summed E-state index contributed by atoms with van der Waals surface area (Å²) in [5.41, 5.74) is 1.90. The lowest BCUT2D eigenvalue weighted by Crippen LogP contribution is -2.25. The number of ether oxygens (including phenoxy) is 1. The molecule has 2 heteroatoms. The summed E-state index contributed by atoms with van der Waals surface area (Å²) >= 11 is 0. The van der Waals surface area contributed by atoms with Gasteiger partial charge in [-0.3, -0.25) is 4.79 Å². The van der Waals surface area contributed by atoms with Crippen LogP contribution in [0.25, 0.3) is 0 Å². The number of allylic oxidation sites excluding steroid dienone is 2. The molecule has 0 saturated carbocycles. The Morgan fingerprint density at radius 2 is 1.80 bits per heavy atom. The highest BCUT2D eigenvalue weighted by molar-refractivity contribution is 6.01. The summed E-state index contributed by atoms with van der Waals surface area (Å²) in [5, 5.41) is 0. The van der Waals surface area contributed by atoms with E-state index >= 15 is 0 Å². The average Bonchev–Trinajstić information content (AvgIpc) is 2.47. The summed E-state index contributed by atoms with van der Waals surface area (Å²) in [4.78, 5) is 12.6. The molecule has 20 heavy (non-hydrogen) atoms. The normalized spacial score (nSPS) is 20.2. The summed E-state index contributed by atoms with van der Waals surface area (Å²) in [7, 11) is 1.61. The molecule has 100 valence electrons. The molecule has 3 rings (SSSR count). The second-order valence-corrected chi connectivity index (χ2v) is 4.94. The minimum absolute atomic E-state index is 0.0653. The topological polar surface area (TPSA) is 26.3 Å². The third-order valence-electron chi connectivity index (χ3n) is 3.75. The number of hydrogen-bond donors (Lipinski definition) is 0. The summed E-state index contributed by atoms with van der Waals surface area (Å²) in [6.45, 7) is 0. The van der Waals surface area contributed by atoms with Gasteiger partial charge in [0, 0.05) is 11.5 Å². The van der Waals surface area contributed by atoms with Crippen molar-refractivity contribution in [1.29, 1.82) is 0 Å². The molecule has 0 saturated heterocycles. The Balaban J connectivity index is 1.83. The minimum atomic E-state index is -0.0653. The highest BCUT2D eigenvalue weighted by Crippen LogP contribution is 2.37. The van der Waals surface area contributed by atoms with Crippen LogP contribution in [0.5, 0.6) is 5.75 Å². The van der Waals surface area contributed by atoms with Crippen LogP contribution in [0.1, 0.15) is 21.8 Å². The molecule has 0 aromatic heterocycles. The van der Waals surface area contributed by atoms with Crippen molar-refractivity contribution in [3.63, 3.8) is 0 Å². The van der Waals surface area contributed by atoms with Crippen LogP contribution in [0, 0.1) is 5.92 Å². The van der Waals surface area contributed by atoms with Crippen molar-refractivity contribution in [2.75, 3.05) is 7.11 Å². The number of benzene rings is 2. The Morgan fingerprint density at radius 1 is 1.00 bits per heavy atom. The number of hydrogen-bond acceptors (Lipinski definition) is 2. The van der Waals surface area contributed by atoms with Crippen LogP contribution >= 0.6 is 0 Å². The zero-order valence-electron chi connectivity index (χ0n) is 11.3. The smallest absolute Gasteiger partial charge is 0.170 e. The van der Waals surface area contributed by atoms with E-state index in [0.29, 0.717) is 5.56 Å². The molecule has 0 fully saturated rings. The molecule has 1 aliphatic rings. The van der Waals surface area contributed by atoms with Crippen LogP contribution < -0.4 is 4.74 Å². The van der Waals surface area contributed by atoms with Crippen molar-refractivity contribution in [2.24, 2.45) is 5.92 Å². The maximum absolute atomic E-state index is 12.6. The van der Waals surface area contributed by atoms with Gasteiger partial charge in [-0.2, -0.15) is 0 Å². The number of ketones is 1. The number of rotatable bonds is 4. The zero-order valence-corrected chi connectivity index (χ0v) is 11.3. The van der Waals surface area contributed by atoms with Gasteiger partial charge in [0.25, 0.3) is 0 Å². The fourth-order valence-corrected chi connectivity index (χ4v) is 2.55. The molecule has 0 bridgehead atoms. The molecule has 0 unspecified atom stereocenters. The Hall–Kier alpha value is -2.35. The second kappa shape index (κ2) is 5.33. The number of methoxy groups -OCH3 is 1. The molecule has 2 nitrogen and oxygen atoms in total. The van der Waals surface area contributed by atoms with Crippen LogP contribution in [0.15, 0.2) is 66.7 Å². The molecular weight excluding hydrogens is 248 g/mol. The summed E-state index contributed by atoms with van der Waals surface area (Å²) < 4.78 is 5.18. The molecular formula is C18H16O2. The van der Waals surface area contributed by atoms with E-state index in [2.05, 4.69) is 18.2 Å². The second-order valence-electron chi connectivity index (χ2n) is 4.94. The lowest BCUT2D eigenvalue weighted by Gasteiger charge is -2.28. The van der Waals surface area contributed by atoms with Crippen molar-refractivity contribution in [3.05, 3.63) is 77.9 Å². The number of Topliss-reactive ketones (excluding diaryl/α,β-unsaturated/α-hetero) is 1. The molecule has 1 aliphatic carbocycles. The lowest BCUT2D eigenvalue weighted by atomic mass is 9.74. The van der Waals surface area contributed by atoms with Gasteiger partial charge in [0.05, 0.1) is 13.0 Å². The molecule has 2 atom stereocenters. The van der Waals surface area contributed by atoms with Gasteiger partial charge in [0.15, 0.2) is 5.78 Å². The standard InChI is InChI=1S/C18H16O2/c1-20-15-9-5-8-14(12-15)18(19)17-11-10-16(17)13-6-3-2-4-7-13/h2-12,16-17H,1H3/t16-,17-/m1/s1. The van der Waals surface area contributed by atoms with E-state index < -0.39 is 0 Å². The quantitative estimate of drug-likeness (QED) is 0.619. The SMILES string of the molecule is COc1cccc(C(=O)[C@@H]2C=C[C@@H]2c2ccccc2)c1. The first-order chi connectivity index (χ1) is 9.79. The maximum Gasteiger partial charge on any atom is 0.170 e. The van der Waals surface area contributed by atoms with E-state index in [0.717, 1.165) is 5.75 Å². The van der Waals surface area contributed by atoms with Crippen molar-refractivity contribution in [1.82, 2.24) is 0 Å². The Morgan fingerprint density at radius 3 is 2.45 bits per heavy atom. The third-order valence-corrected chi connectivity index (χ3v) is 3.75. The molecule has 0 amide bonds. The summed E-state index contributed by atoms with van der Waals surface area (Å²) in [6, 6.07) is 17.5. The molecule has 0 N–H and O–H groups in total. The van der Waals surface area contributed by atoms with E-state index in [-0.39, 0.29) is 17.6 Å². The van der Waals surface area contributed by atoms with Crippen LogP contribution in [-0.2, 0) is 0 Å². The molecule has 0 radical (unpaired) electrons. The van der Waals surface area contributed by atoms with Gasteiger partial charge in [-0.05, 0) is 17.7 Å². The van der Waals surface area contributed by atoms with Gasteiger partial charge in [-0.15, -0.1) is 0 Å². The van der Waals surface area contributed by atoms with Gasteiger partial charge < -0.3 is 4.74 Å². The first kappa shape index (κ1) is 12.7. The fourth-order valence-electron chi connectivity index (χ4n) is 2.55. The Kier molecular flexibility index (Phi) is 3.38. The zero-order chi connectivity index (χ0) is 13.9. The predicted octanol–water partition coefficient (Wildman–Crippen LogP) is 3.85. The summed E-state index contributed by atoms with van der Waals surface area (Å²) in [5.74, 6) is 0.995. The molecule has 2 aromatic carbocycles. The van der Waals surface area contributed by atoms with Crippen molar-refractivity contribution in [2.45, 2.75) is 5.92 Å². The minimum Gasteiger partial charge on any atom is -0.497 e. The predicted molar refractivity (Wildman–Crippen MR) is 79.1 cm³/mol. The first-order valence-electron chi connectivity index (χ1n) is 6.71. The average molecular weight is 264 g/mol. The van der Waals surface area contributed by atoms with Crippen LogP contribution in [-0.4, -0.2) is 12.9 Å². The van der Waals surface area contributed by atoms with Gasteiger partial charge in [0.2, 0.25) is 0 Å². The highest BCUT2D eigenvalue weighted by Gasteiger charge is 2.32. The van der Waals surface area contributed by atoms with E-state index in [4.69, 9.17) is 4.74 Å². The van der Waals surface area contributed by atoms with Gasteiger partial charge in [0.1, 0.15) is 5.75 Å². The van der Waals surface area contributed by atoms with Crippen molar-refractivity contribution in [3.8, 4) is 5.75 Å². The van der Waals surface area contributed by atoms with Crippen LogP contribution in [0.4, 0.5) is 0 Å². The van der Waals surface area contributed by atoms with E-state index in [1.165, 1.54) is 5.56 Å². The highest BCUT2D eigenvalue weighted by atomic mass is 16.5.